The van der Waals surface area contributed by atoms with Crippen molar-refractivity contribution in [2.45, 2.75) is 39.4 Å². The second-order valence-electron chi connectivity index (χ2n) is 5.67. The topological polar surface area (TPSA) is 85.1 Å². The van der Waals surface area contributed by atoms with Crippen molar-refractivity contribution in [3.8, 4) is 5.88 Å². The normalized spacial score (nSPS) is 11.4. The number of hydrogen-bond acceptors (Lipinski definition) is 7. The lowest BCUT2D eigenvalue weighted by molar-refractivity contribution is 0.383. The van der Waals surface area contributed by atoms with Gasteiger partial charge in [0.1, 0.15) is 0 Å². The van der Waals surface area contributed by atoms with E-state index >= 15 is 0 Å². The quantitative estimate of drug-likeness (QED) is 0.841. The number of methoxy groups -OCH3 is 1. The Morgan fingerprint density at radius 2 is 2.00 bits per heavy atom. The molecule has 2 rings (SSSR count). The maximum atomic E-state index is 5.50. The fourth-order valence-corrected chi connectivity index (χ4v) is 1.55. The minimum Gasteiger partial charge on any atom is -0.481 e. The molecule has 0 saturated carbocycles. The number of pyridine rings is 1. The van der Waals surface area contributed by atoms with E-state index in [2.05, 4.69) is 46.6 Å². The van der Waals surface area contributed by atoms with Gasteiger partial charge in [-0.15, -0.1) is 5.10 Å². The molecule has 0 aliphatic rings. The summed E-state index contributed by atoms with van der Waals surface area (Å²) >= 11 is 0. The predicted octanol–water partition coefficient (Wildman–Crippen LogP) is 1.97. The highest BCUT2D eigenvalue weighted by molar-refractivity contribution is 5.24. The van der Waals surface area contributed by atoms with Gasteiger partial charge in [-0.2, -0.15) is 0 Å². The summed E-state index contributed by atoms with van der Waals surface area (Å²) in [6, 6.07) is 4.14. The number of anilines is 1. The third-order valence-electron chi connectivity index (χ3n) is 2.69. The molecule has 0 saturated heterocycles. The largest absolute Gasteiger partial charge is 0.481 e. The highest BCUT2D eigenvalue weighted by Crippen LogP contribution is 2.11. The first-order valence-corrected chi connectivity index (χ1v) is 6.76. The Labute approximate surface area is 124 Å². The lowest BCUT2D eigenvalue weighted by atomic mass is 10.1. The van der Waals surface area contributed by atoms with Gasteiger partial charge < -0.3 is 19.8 Å². The summed E-state index contributed by atoms with van der Waals surface area (Å²) in [5, 5.41) is 14.3. The molecule has 0 atom stereocenters. The first kappa shape index (κ1) is 15.2. The van der Waals surface area contributed by atoms with Gasteiger partial charge in [-0.3, -0.25) is 0 Å². The average Bonchev–Trinajstić information content (AvgIpc) is 2.91. The van der Waals surface area contributed by atoms with Crippen molar-refractivity contribution in [3.63, 3.8) is 0 Å². The smallest absolute Gasteiger partial charge is 0.315 e. The van der Waals surface area contributed by atoms with Crippen LogP contribution in [0.3, 0.4) is 0 Å². The fourth-order valence-electron chi connectivity index (χ4n) is 1.55. The molecule has 0 radical (unpaired) electrons. The van der Waals surface area contributed by atoms with Crippen molar-refractivity contribution in [2.75, 3.05) is 12.4 Å². The summed E-state index contributed by atoms with van der Waals surface area (Å²) in [6.45, 7) is 7.35. The zero-order chi connectivity index (χ0) is 15.3. The molecular weight excluding hydrogens is 270 g/mol. The van der Waals surface area contributed by atoms with E-state index in [1.165, 1.54) is 0 Å². The first-order chi connectivity index (χ1) is 9.96. The predicted molar refractivity (Wildman–Crippen MR) is 79.0 cm³/mol. The molecule has 0 unspecified atom stereocenters. The highest BCUT2D eigenvalue weighted by atomic mass is 16.5. The van der Waals surface area contributed by atoms with Gasteiger partial charge >= 0.3 is 6.01 Å². The van der Waals surface area contributed by atoms with E-state index in [0.29, 0.717) is 30.9 Å². The zero-order valence-corrected chi connectivity index (χ0v) is 12.8. The van der Waals surface area contributed by atoms with Crippen molar-refractivity contribution >= 4 is 6.01 Å². The first-order valence-electron chi connectivity index (χ1n) is 6.76. The minimum atomic E-state index is 0.0107. The fraction of sp³-hybridized carbons (Fsp3) is 0.500. The standard InChI is InChI=1S/C14H21N5O2/c1-14(2,3)17-9-12-18-19-13(21-12)16-8-10-5-6-11(20-4)15-7-10/h5-7,17H,8-9H2,1-4H3,(H,16,19). The van der Waals surface area contributed by atoms with Crippen molar-refractivity contribution in [1.82, 2.24) is 20.5 Å². The summed E-state index contributed by atoms with van der Waals surface area (Å²) < 4.78 is 10.5. The molecule has 7 nitrogen and oxygen atoms in total. The molecule has 2 heterocycles. The molecular formula is C14H21N5O2. The zero-order valence-electron chi connectivity index (χ0n) is 12.8. The van der Waals surface area contributed by atoms with Crippen LogP contribution < -0.4 is 15.4 Å². The number of ether oxygens (including phenoxy) is 1. The Kier molecular flexibility index (Phi) is 4.74. The molecule has 0 fully saturated rings. The van der Waals surface area contributed by atoms with Crippen molar-refractivity contribution in [1.29, 1.82) is 0 Å². The number of aromatic nitrogens is 3. The van der Waals surface area contributed by atoms with Gasteiger partial charge in [-0.05, 0) is 26.3 Å². The summed E-state index contributed by atoms with van der Waals surface area (Å²) in [5.41, 5.74) is 1.01. The van der Waals surface area contributed by atoms with Gasteiger partial charge in [-0.25, -0.2) is 4.98 Å². The molecule has 21 heavy (non-hydrogen) atoms. The molecule has 114 valence electrons. The van der Waals surface area contributed by atoms with E-state index < -0.39 is 0 Å². The molecule has 2 aromatic rings. The minimum absolute atomic E-state index is 0.0107. The SMILES string of the molecule is COc1ccc(CNc2nnc(CNC(C)(C)C)o2)cn1. The number of nitrogens with one attached hydrogen (secondary N) is 2. The molecule has 0 aliphatic heterocycles. The van der Waals surface area contributed by atoms with Crippen LogP contribution in [0.2, 0.25) is 0 Å². The molecule has 7 heteroatoms. The van der Waals surface area contributed by atoms with Crippen LogP contribution in [0.1, 0.15) is 32.2 Å². The Balaban J connectivity index is 1.84. The van der Waals surface area contributed by atoms with E-state index in [1.807, 2.05) is 12.1 Å². The Morgan fingerprint density at radius 1 is 1.19 bits per heavy atom. The van der Waals surface area contributed by atoms with Gasteiger partial charge in [-0.1, -0.05) is 11.2 Å². The average molecular weight is 291 g/mol. The van der Waals surface area contributed by atoms with Crippen molar-refractivity contribution in [3.05, 3.63) is 29.8 Å². The van der Waals surface area contributed by atoms with Crippen LogP contribution in [0, 0.1) is 0 Å². The van der Waals surface area contributed by atoms with Crippen LogP contribution in [0.25, 0.3) is 0 Å². The number of rotatable bonds is 6. The Hall–Kier alpha value is -2.15. The third kappa shape index (κ3) is 5.03. The third-order valence-corrected chi connectivity index (χ3v) is 2.69. The van der Waals surface area contributed by atoms with Crippen molar-refractivity contribution in [2.24, 2.45) is 0 Å². The van der Waals surface area contributed by atoms with Gasteiger partial charge in [0, 0.05) is 24.3 Å². The second-order valence-corrected chi connectivity index (χ2v) is 5.67. The Bertz CT molecular complexity index is 559. The maximum absolute atomic E-state index is 5.50. The van der Waals surface area contributed by atoms with Crippen LogP contribution in [0.4, 0.5) is 6.01 Å². The molecule has 0 spiro atoms. The van der Waals surface area contributed by atoms with Gasteiger partial charge in [0.2, 0.25) is 11.8 Å². The van der Waals surface area contributed by atoms with Gasteiger partial charge in [0.25, 0.3) is 0 Å². The number of hydrogen-bond donors (Lipinski definition) is 2. The van der Waals surface area contributed by atoms with Crippen LogP contribution in [-0.2, 0) is 13.1 Å². The summed E-state index contributed by atoms with van der Waals surface area (Å²) in [6.07, 6.45) is 1.74. The van der Waals surface area contributed by atoms with E-state index in [4.69, 9.17) is 9.15 Å². The van der Waals surface area contributed by atoms with E-state index in [-0.39, 0.29) is 5.54 Å². The van der Waals surface area contributed by atoms with Gasteiger partial charge in [0.15, 0.2) is 0 Å². The van der Waals surface area contributed by atoms with Crippen LogP contribution >= 0.6 is 0 Å². The lowest BCUT2D eigenvalue weighted by Gasteiger charge is -2.18. The molecule has 2 aromatic heterocycles. The van der Waals surface area contributed by atoms with E-state index in [9.17, 15) is 0 Å². The monoisotopic (exact) mass is 291 g/mol. The second kappa shape index (κ2) is 6.53. The molecule has 0 amide bonds. The van der Waals surface area contributed by atoms with Crippen molar-refractivity contribution < 1.29 is 9.15 Å². The molecule has 0 aromatic carbocycles. The molecule has 0 bridgehead atoms. The van der Waals surface area contributed by atoms with Crippen LogP contribution in [0.15, 0.2) is 22.7 Å². The van der Waals surface area contributed by atoms with E-state index in [1.54, 1.807) is 13.3 Å². The molecule has 2 N–H and O–H groups in total. The highest BCUT2D eigenvalue weighted by Gasteiger charge is 2.12. The summed E-state index contributed by atoms with van der Waals surface area (Å²) in [5.74, 6) is 1.15. The molecule has 0 aliphatic carbocycles. The van der Waals surface area contributed by atoms with Crippen LogP contribution in [0.5, 0.6) is 5.88 Å². The Morgan fingerprint density at radius 3 is 2.62 bits per heavy atom. The van der Waals surface area contributed by atoms with Crippen LogP contribution in [-0.4, -0.2) is 27.8 Å². The maximum Gasteiger partial charge on any atom is 0.315 e. The summed E-state index contributed by atoms with van der Waals surface area (Å²) in [4.78, 5) is 4.13. The number of nitrogens with zero attached hydrogens (tertiary/aromatic N) is 3. The van der Waals surface area contributed by atoms with Gasteiger partial charge in [0.05, 0.1) is 13.7 Å². The summed E-state index contributed by atoms with van der Waals surface area (Å²) in [7, 11) is 1.59. The van der Waals surface area contributed by atoms with E-state index in [0.717, 1.165) is 5.56 Å². The lowest BCUT2D eigenvalue weighted by Crippen LogP contribution is -2.35.